The summed E-state index contributed by atoms with van der Waals surface area (Å²) in [5.41, 5.74) is 0.848. The first kappa shape index (κ1) is 14.2. The average molecular weight is 301 g/mol. The number of hydrogen-bond acceptors (Lipinski definition) is 3. The van der Waals surface area contributed by atoms with E-state index in [0.29, 0.717) is 17.3 Å². The maximum atomic E-state index is 11.4. The smallest absolute Gasteiger partial charge is 0.216 e. The zero-order valence-electron chi connectivity index (χ0n) is 10.6. The quantitative estimate of drug-likeness (QED) is 0.583. The number of nitrogens with one attached hydrogen (secondary N) is 2. The highest BCUT2D eigenvalue weighted by Gasteiger charge is 2.38. The highest BCUT2D eigenvalue weighted by molar-refractivity contribution is 7.98. The van der Waals surface area contributed by atoms with E-state index in [9.17, 15) is 8.76 Å². The summed E-state index contributed by atoms with van der Waals surface area (Å²) in [5.74, 6) is 1.38. The first-order chi connectivity index (χ1) is 8.98. The lowest BCUT2D eigenvalue weighted by Gasteiger charge is -2.13. The molecular formula is C12H17N2O3S2+. The summed E-state index contributed by atoms with van der Waals surface area (Å²) in [6.07, 6.45) is 0.666. The fourth-order valence-corrected chi connectivity index (χ4v) is 3.93. The number of hydrogen-bond donors (Lipinski definition) is 3. The van der Waals surface area contributed by atoms with Crippen molar-refractivity contribution in [2.75, 3.05) is 23.9 Å². The minimum atomic E-state index is -2.64. The van der Waals surface area contributed by atoms with Crippen LogP contribution in [-0.4, -0.2) is 34.3 Å². The molecule has 3 N–H and O–H groups in total. The van der Waals surface area contributed by atoms with Crippen molar-refractivity contribution in [3.63, 3.8) is 0 Å². The number of ether oxygens (including phenoxy) is 1. The Labute approximate surface area is 119 Å². The van der Waals surface area contributed by atoms with Crippen LogP contribution in [0.1, 0.15) is 6.42 Å². The van der Waals surface area contributed by atoms with Gasteiger partial charge in [-0.2, -0.15) is 4.55 Å². The molecule has 1 aliphatic heterocycles. The summed E-state index contributed by atoms with van der Waals surface area (Å²) in [5, 5.41) is 6.56. The van der Waals surface area contributed by atoms with E-state index in [1.165, 1.54) is 0 Å². The zero-order valence-corrected chi connectivity index (χ0v) is 12.2. The molecule has 0 bridgehead atoms. The van der Waals surface area contributed by atoms with Gasteiger partial charge in [-0.25, -0.2) is 0 Å². The van der Waals surface area contributed by atoms with Crippen molar-refractivity contribution >= 4 is 33.2 Å². The van der Waals surface area contributed by atoms with E-state index in [4.69, 9.17) is 17.0 Å². The van der Waals surface area contributed by atoms with Gasteiger partial charge in [-0.1, -0.05) is 4.21 Å². The van der Waals surface area contributed by atoms with Crippen LogP contribution in [0.3, 0.4) is 0 Å². The van der Waals surface area contributed by atoms with Crippen LogP contribution in [0.15, 0.2) is 24.3 Å². The zero-order chi connectivity index (χ0) is 13.9. The Balaban J connectivity index is 1.85. The third-order valence-corrected chi connectivity index (χ3v) is 4.95. The predicted molar refractivity (Wildman–Crippen MR) is 81.2 cm³/mol. The van der Waals surface area contributed by atoms with Crippen molar-refractivity contribution in [2.45, 2.75) is 12.5 Å². The highest BCUT2D eigenvalue weighted by atomic mass is 32.3. The first-order valence-electron chi connectivity index (χ1n) is 5.92. The van der Waals surface area contributed by atoms with E-state index in [1.807, 2.05) is 24.3 Å². The third-order valence-electron chi connectivity index (χ3n) is 2.93. The third kappa shape index (κ3) is 4.15. The van der Waals surface area contributed by atoms with Crippen molar-refractivity contribution in [3.05, 3.63) is 24.3 Å². The van der Waals surface area contributed by atoms with E-state index in [-0.39, 0.29) is 11.8 Å². The monoisotopic (exact) mass is 301 g/mol. The fourth-order valence-electron chi connectivity index (χ4n) is 1.95. The second-order valence-electron chi connectivity index (χ2n) is 4.46. The Kier molecular flexibility index (Phi) is 4.38. The van der Waals surface area contributed by atoms with Crippen LogP contribution in [0, 0.1) is 0 Å². The van der Waals surface area contributed by atoms with Crippen molar-refractivity contribution in [1.29, 1.82) is 0 Å². The molecule has 1 aromatic carbocycles. The molecule has 2 rings (SSSR count). The van der Waals surface area contributed by atoms with Gasteiger partial charge in [0.05, 0.1) is 13.2 Å². The van der Waals surface area contributed by atoms with Crippen molar-refractivity contribution in [1.82, 2.24) is 5.32 Å². The molecule has 1 heterocycles. The van der Waals surface area contributed by atoms with Gasteiger partial charge in [-0.3, -0.25) is 0 Å². The molecule has 1 aromatic rings. The van der Waals surface area contributed by atoms with Gasteiger partial charge in [-0.05, 0) is 36.5 Å². The Hall–Kier alpha value is -1.18. The molecule has 0 radical (unpaired) electrons. The molecule has 0 aromatic heterocycles. The van der Waals surface area contributed by atoms with E-state index >= 15 is 0 Å². The Morgan fingerprint density at radius 1 is 1.47 bits per heavy atom. The topological polar surface area (TPSA) is 70.6 Å². The number of rotatable bonds is 3. The van der Waals surface area contributed by atoms with Crippen LogP contribution in [0.5, 0.6) is 5.75 Å². The number of benzene rings is 1. The summed E-state index contributed by atoms with van der Waals surface area (Å²) >= 11 is 5.18. The minimum absolute atomic E-state index is 0.0317. The summed E-state index contributed by atoms with van der Waals surface area (Å²) in [6.45, 7) is 0. The molecule has 7 heteroatoms. The largest absolute Gasteiger partial charge is 0.497 e. The molecule has 1 aliphatic rings. The molecule has 0 aliphatic carbocycles. The number of anilines is 1. The highest BCUT2D eigenvalue weighted by Crippen LogP contribution is 2.17. The molecule has 0 spiro atoms. The van der Waals surface area contributed by atoms with Crippen LogP contribution in [0.25, 0.3) is 0 Å². The maximum Gasteiger partial charge on any atom is 0.216 e. The Morgan fingerprint density at radius 2 is 2.16 bits per heavy atom. The number of thiocarbonyl (C=S) groups is 1. The van der Waals surface area contributed by atoms with E-state index in [0.717, 1.165) is 11.4 Å². The lowest BCUT2D eigenvalue weighted by atomic mass is 10.3. The van der Waals surface area contributed by atoms with Gasteiger partial charge in [0.15, 0.2) is 10.9 Å². The Morgan fingerprint density at radius 3 is 2.68 bits per heavy atom. The van der Waals surface area contributed by atoms with Gasteiger partial charge in [0.25, 0.3) is 0 Å². The summed E-state index contributed by atoms with van der Waals surface area (Å²) in [6, 6.07) is 7.35. The fraction of sp³-hybridized carbons (Fsp3) is 0.417. The normalized spacial score (nSPS) is 25.9. The lowest BCUT2D eigenvalue weighted by molar-refractivity contribution is 0.415. The lowest BCUT2D eigenvalue weighted by Crippen LogP contribution is -2.38. The standard InChI is InChI=1S/C12H16N2O3S2/c1-17-11-4-2-9(3-5-11)13-12(18)14-10-6-7-19(15,16)8-10/h2-5,10H,6-8H2,1H3,(H2-,13,14,15,16,18)/p+1/t10-/m0/s1. The van der Waals surface area contributed by atoms with Crippen LogP contribution in [-0.2, 0) is 14.4 Å². The summed E-state index contributed by atoms with van der Waals surface area (Å²) < 4.78 is 25.9. The molecule has 0 saturated carbocycles. The molecule has 1 fully saturated rings. The second-order valence-corrected chi connectivity index (χ2v) is 7.15. The van der Waals surface area contributed by atoms with Gasteiger partial charge in [-0.15, -0.1) is 0 Å². The Bertz CT molecular complexity index is 504. The SMILES string of the molecule is COc1ccc(NC(=S)N[C@H]2CC[S+](=O)(O)C2)cc1. The first-order valence-corrected chi connectivity index (χ1v) is 8.18. The molecule has 1 unspecified atom stereocenters. The van der Waals surface area contributed by atoms with E-state index < -0.39 is 10.2 Å². The molecule has 1 saturated heterocycles. The average Bonchev–Trinajstić information content (AvgIpc) is 2.69. The molecule has 19 heavy (non-hydrogen) atoms. The van der Waals surface area contributed by atoms with Crippen LogP contribution < -0.4 is 15.4 Å². The van der Waals surface area contributed by atoms with Gasteiger partial charge in [0.2, 0.25) is 10.2 Å². The van der Waals surface area contributed by atoms with E-state index in [1.54, 1.807) is 7.11 Å². The summed E-state index contributed by atoms with van der Waals surface area (Å²) in [4.78, 5) is 0. The van der Waals surface area contributed by atoms with Gasteiger partial charge >= 0.3 is 0 Å². The van der Waals surface area contributed by atoms with Crippen molar-refractivity contribution < 1.29 is 13.5 Å². The van der Waals surface area contributed by atoms with E-state index in [2.05, 4.69) is 10.6 Å². The van der Waals surface area contributed by atoms with Crippen LogP contribution in [0.2, 0.25) is 0 Å². The predicted octanol–water partition coefficient (Wildman–Crippen LogP) is 1.73. The molecular weight excluding hydrogens is 284 g/mol. The minimum Gasteiger partial charge on any atom is -0.497 e. The van der Waals surface area contributed by atoms with Gasteiger partial charge in [0, 0.05) is 12.1 Å². The van der Waals surface area contributed by atoms with Crippen molar-refractivity contribution in [3.8, 4) is 5.75 Å². The molecule has 0 amide bonds. The number of methoxy groups -OCH3 is 1. The van der Waals surface area contributed by atoms with Gasteiger partial charge < -0.3 is 15.4 Å². The summed E-state index contributed by atoms with van der Waals surface area (Å²) in [7, 11) is -1.03. The van der Waals surface area contributed by atoms with Crippen LogP contribution >= 0.6 is 12.2 Å². The molecule has 5 nitrogen and oxygen atoms in total. The van der Waals surface area contributed by atoms with Gasteiger partial charge in [0.1, 0.15) is 11.5 Å². The van der Waals surface area contributed by atoms with Crippen LogP contribution in [0.4, 0.5) is 5.69 Å². The molecule has 104 valence electrons. The molecule has 2 atom stereocenters. The second kappa shape index (κ2) is 5.85. The van der Waals surface area contributed by atoms with Crippen molar-refractivity contribution in [2.24, 2.45) is 0 Å². The maximum absolute atomic E-state index is 11.4.